The lowest BCUT2D eigenvalue weighted by atomic mass is 10.00. The zero-order valence-electron chi connectivity index (χ0n) is 10.1. The Morgan fingerprint density at radius 1 is 1.40 bits per heavy atom. The van der Waals surface area contributed by atoms with Gasteiger partial charge in [0.25, 0.3) is 0 Å². The summed E-state index contributed by atoms with van der Waals surface area (Å²) >= 11 is 0. The highest BCUT2D eigenvalue weighted by molar-refractivity contribution is 5.61. The number of aryl methyl sites for hydroxylation is 1. The summed E-state index contributed by atoms with van der Waals surface area (Å²) in [7, 11) is 0. The van der Waals surface area contributed by atoms with E-state index in [-0.39, 0.29) is 0 Å². The van der Waals surface area contributed by atoms with Crippen molar-refractivity contribution in [3.8, 4) is 5.75 Å². The van der Waals surface area contributed by atoms with Crippen molar-refractivity contribution < 1.29 is 4.84 Å². The monoisotopic (exact) mass is 207 g/mol. The Morgan fingerprint density at radius 2 is 2.00 bits per heavy atom. The molecule has 1 rings (SSSR count). The summed E-state index contributed by atoms with van der Waals surface area (Å²) in [5.74, 6) is 5.82. The van der Waals surface area contributed by atoms with Crippen LogP contribution in [0.1, 0.15) is 37.5 Å². The van der Waals surface area contributed by atoms with Crippen molar-refractivity contribution in [1.29, 1.82) is 0 Å². The molecule has 2 heteroatoms. The van der Waals surface area contributed by atoms with Gasteiger partial charge in [-0.25, -0.2) is 0 Å². The van der Waals surface area contributed by atoms with Crippen LogP contribution in [-0.4, -0.2) is 0 Å². The van der Waals surface area contributed by atoms with Gasteiger partial charge in [0.15, 0.2) is 5.75 Å². The third-order valence-corrected chi connectivity index (χ3v) is 2.30. The van der Waals surface area contributed by atoms with Crippen LogP contribution >= 0.6 is 0 Å². The van der Waals surface area contributed by atoms with Gasteiger partial charge in [-0.3, -0.25) is 0 Å². The molecule has 0 spiro atoms. The maximum Gasteiger partial charge on any atom is 0.154 e. The second kappa shape index (κ2) is 7.07. The minimum absolute atomic E-state index is 0.685. The highest BCUT2D eigenvalue weighted by Crippen LogP contribution is 2.25. The van der Waals surface area contributed by atoms with Gasteiger partial charge in [0.2, 0.25) is 0 Å². The minimum Gasteiger partial charge on any atom is -0.411 e. The first-order chi connectivity index (χ1) is 7.24. The zero-order chi connectivity index (χ0) is 11.8. The molecule has 15 heavy (non-hydrogen) atoms. The van der Waals surface area contributed by atoms with Gasteiger partial charge in [0, 0.05) is 5.56 Å². The van der Waals surface area contributed by atoms with Gasteiger partial charge in [0.05, 0.1) is 0 Å². The molecule has 0 aliphatic rings. The molecule has 0 amide bonds. The average Bonchev–Trinajstić information content (AvgIpc) is 2.31. The lowest BCUT2D eigenvalue weighted by Gasteiger charge is -2.10. The highest BCUT2D eigenvalue weighted by Gasteiger charge is 2.06. The summed E-state index contributed by atoms with van der Waals surface area (Å²) in [6, 6.07) is 3.91. The van der Waals surface area contributed by atoms with Crippen molar-refractivity contribution in [2.75, 3.05) is 0 Å². The van der Waals surface area contributed by atoms with E-state index in [9.17, 15) is 0 Å². The van der Waals surface area contributed by atoms with Crippen molar-refractivity contribution in [1.82, 2.24) is 0 Å². The van der Waals surface area contributed by atoms with Crippen LogP contribution in [0.4, 0.5) is 0 Å². The van der Waals surface area contributed by atoms with E-state index in [0.29, 0.717) is 5.75 Å². The summed E-state index contributed by atoms with van der Waals surface area (Å²) in [6.07, 6.45) is 2.79. The number of benzene rings is 1. The topological polar surface area (TPSA) is 35.2 Å². The largest absolute Gasteiger partial charge is 0.411 e. The molecule has 2 N–H and O–H groups in total. The molecule has 0 bridgehead atoms. The Morgan fingerprint density at radius 3 is 2.40 bits per heavy atom. The van der Waals surface area contributed by atoms with E-state index in [1.165, 1.54) is 11.1 Å². The van der Waals surface area contributed by atoms with Crippen LogP contribution in [0, 0.1) is 6.92 Å². The van der Waals surface area contributed by atoms with Crippen LogP contribution < -0.4 is 10.7 Å². The molecule has 0 saturated carbocycles. The van der Waals surface area contributed by atoms with Crippen LogP contribution in [-0.2, 0) is 6.42 Å². The molecule has 0 fully saturated rings. The molecule has 1 aromatic carbocycles. The molecular weight excluding hydrogens is 186 g/mol. The van der Waals surface area contributed by atoms with Crippen LogP contribution in [0.15, 0.2) is 18.7 Å². The quantitative estimate of drug-likeness (QED) is 0.770. The summed E-state index contributed by atoms with van der Waals surface area (Å²) < 4.78 is 0. The molecule has 0 radical (unpaired) electrons. The molecule has 0 aliphatic heterocycles. The van der Waals surface area contributed by atoms with Crippen LogP contribution in [0.25, 0.3) is 6.08 Å². The molecule has 0 atom stereocenters. The zero-order valence-corrected chi connectivity index (χ0v) is 10.1. The fourth-order valence-electron chi connectivity index (χ4n) is 1.49. The smallest absolute Gasteiger partial charge is 0.154 e. The van der Waals surface area contributed by atoms with E-state index in [4.69, 9.17) is 10.7 Å². The van der Waals surface area contributed by atoms with Gasteiger partial charge < -0.3 is 4.84 Å². The van der Waals surface area contributed by atoms with E-state index >= 15 is 0 Å². The lowest BCUT2D eigenvalue weighted by molar-refractivity contribution is 0.333. The maximum atomic E-state index is 5.14. The third-order valence-electron chi connectivity index (χ3n) is 2.30. The maximum absolute atomic E-state index is 5.14. The van der Waals surface area contributed by atoms with Crippen molar-refractivity contribution in [3.05, 3.63) is 35.4 Å². The van der Waals surface area contributed by atoms with Gasteiger partial charge in [-0.05, 0) is 30.5 Å². The highest BCUT2D eigenvalue weighted by atomic mass is 16.6. The molecule has 0 aromatic heterocycles. The standard InChI is InChI=1S/C11H15NO.C2H6/c1-4-9-6-7-11(13-12)10(5-2)8(9)3;1-2/h5-7H,2,4,12H2,1,3H3;1-2H3. The number of hydrogen-bond acceptors (Lipinski definition) is 2. The van der Waals surface area contributed by atoms with Gasteiger partial charge in [0.1, 0.15) is 0 Å². The molecule has 84 valence electrons. The second-order valence-electron chi connectivity index (χ2n) is 2.94. The Kier molecular flexibility index (Phi) is 6.47. The first-order valence-corrected chi connectivity index (χ1v) is 5.36. The summed E-state index contributed by atoms with van der Waals surface area (Å²) in [5, 5.41) is 0. The van der Waals surface area contributed by atoms with Crippen LogP contribution in [0.2, 0.25) is 0 Å². The summed E-state index contributed by atoms with van der Waals surface area (Å²) in [6.45, 7) is 11.9. The number of hydrogen-bond donors (Lipinski definition) is 1. The molecule has 1 aromatic rings. The van der Waals surface area contributed by atoms with Crippen LogP contribution in [0.3, 0.4) is 0 Å². The normalized spacial score (nSPS) is 8.87. The minimum atomic E-state index is 0.685. The summed E-state index contributed by atoms with van der Waals surface area (Å²) in [5.41, 5.74) is 3.48. The Labute approximate surface area is 92.7 Å². The second-order valence-corrected chi connectivity index (χ2v) is 2.94. The van der Waals surface area contributed by atoms with E-state index in [1.54, 1.807) is 6.08 Å². The summed E-state index contributed by atoms with van der Waals surface area (Å²) in [4.78, 5) is 4.75. The van der Waals surface area contributed by atoms with E-state index in [1.807, 2.05) is 26.0 Å². The molecule has 0 aliphatic carbocycles. The van der Waals surface area contributed by atoms with Gasteiger partial charge in [-0.15, -0.1) is 0 Å². The van der Waals surface area contributed by atoms with Gasteiger partial charge in [-0.2, -0.15) is 5.90 Å². The lowest BCUT2D eigenvalue weighted by Crippen LogP contribution is -2.05. The van der Waals surface area contributed by atoms with Crippen molar-refractivity contribution >= 4 is 6.08 Å². The molecule has 0 heterocycles. The SMILES string of the molecule is C=Cc1c(ON)ccc(CC)c1C.CC. The van der Waals surface area contributed by atoms with E-state index in [2.05, 4.69) is 20.4 Å². The Hall–Kier alpha value is -1.28. The predicted molar refractivity (Wildman–Crippen MR) is 66.8 cm³/mol. The fraction of sp³-hybridized carbons (Fsp3) is 0.385. The Balaban J connectivity index is 0.000000921. The van der Waals surface area contributed by atoms with Gasteiger partial charge in [-0.1, -0.05) is 39.5 Å². The van der Waals surface area contributed by atoms with Gasteiger partial charge >= 0.3 is 0 Å². The van der Waals surface area contributed by atoms with Crippen molar-refractivity contribution in [2.24, 2.45) is 5.90 Å². The third kappa shape index (κ3) is 3.10. The van der Waals surface area contributed by atoms with Crippen molar-refractivity contribution in [2.45, 2.75) is 34.1 Å². The molecule has 2 nitrogen and oxygen atoms in total. The number of rotatable bonds is 3. The first-order valence-electron chi connectivity index (χ1n) is 5.36. The molecule has 0 saturated heterocycles. The van der Waals surface area contributed by atoms with Crippen LogP contribution in [0.5, 0.6) is 5.75 Å². The van der Waals surface area contributed by atoms with Crippen molar-refractivity contribution in [3.63, 3.8) is 0 Å². The average molecular weight is 207 g/mol. The molecule has 0 unspecified atom stereocenters. The molecular formula is C13H21NO. The van der Waals surface area contributed by atoms with E-state index in [0.717, 1.165) is 12.0 Å². The number of nitrogens with two attached hydrogens (primary N) is 1. The van der Waals surface area contributed by atoms with E-state index < -0.39 is 0 Å². The first kappa shape index (κ1) is 13.7. The fourth-order valence-corrected chi connectivity index (χ4v) is 1.49. The predicted octanol–water partition coefficient (Wildman–Crippen LogP) is 3.48. The Bertz CT molecular complexity index is 319.